The van der Waals surface area contributed by atoms with Gasteiger partial charge in [-0.05, 0) is 50.4 Å². The molecule has 1 heterocycles. The number of hydrogen-bond donors (Lipinski definition) is 1. The molecule has 1 saturated heterocycles. The molecule has 0 bridgehead atoms. The number of anilines is 1. The summed E-state index contributed by atoms with van der Waals surface area (Å²) in [6, 6.07) is 6.82. The number of hydrogen-bond acceptors (Lipinski definition) is 2. The fraction of sp³-hybridized carbons (Fsp3) is 0.625. The molecule has 0 amide bonds. The Bertz CT molecular complexity index is 419. The molecular weight excluding hydrogens is 256 g/mol. The fourth-order valence-electron chi connectivity index (χ4n) is 2.91. The van der Waals surface area contributed by atoms with E-state index in [2.05, 4.69) is 42.3 Å². The molecule has 2 atom stereocenters. The molecule has 2 unspecified atom stereocenters. The van der Waals surface area contributed by atoms with Gasteiger partial charge in [-0.1, -0.05) is 31.0 Å². The largest absolute Gasteiger partial charge is 0.370 e. The van der Waals surface area contributed by atoms with Gasteiger partial charge in [0.2, 0.25) is 0 Å². The van der Waals surface area contributed by atoms with E-state index in [1.165, 1.54) is 30.5 Å². The first kappa shape index (κ1) is 14.7. The molecule has 3 heteroatoms. The fourth-order valence-corrected chi connectivity index (χ4v) is 3.22. The summed E-state index contributed by atoms with van der Waals surface area (Å²) >= 11 is 6.47. The van der Waals surface area contributed by atoms with E-state index >= 15 is 0 Å². The monoisotopic (exact) mass is 280 g/mol. The maximum atomic E-state index is 6.47. The number of rotatable bonds is 5. The van der Waals surface area contributed by atoms with Crippen LogP contribution in [0.3, 0.4) is 0 Å². The second kappa shape index (κ2) is 6.62. The molecule has 2 nitrogen and oxygen atoms in total. The van der Waals surface area contributed by atoms with Crippen LogP contribution in [0.1, 0.15) is 44.7 Å². The van der Waals surface area contributed by atoms with Gasteiger partial charge in [-0.15, -0.1) is 0 Å². The lowest BCUT2D eigenvalue weighted by Crippen LogP contribution is -2.20. The molecule has 0 radical (unpaired) electrons. The first-order chi connectivity index (χ1) is 9.15. The standard InChI is InChI=1S/C16H25ClN2/c1-4-5-13-8-9-19(11-13)16-7-6-14(10-15(16)17)12(2)18-3/h6-7,10,12-13,18H,4-5,8-9,11H2,1-3H3. The second-order valence-corrected chi connectivity index (χ2v) is 6.02. The summed E-state index contributed by atoms with van der Waals surface area (Å²) in [6.07, 6.45) is 3.92. The molecular formula is C16H25ClN2. The molecule has 0 aromatic heterocycles. The van der Waals surface area contributed by atoms with Crippen LogP contribution in [0.5, 0.6) is 0 Å². The van der Waals surface area contributed by atoms with E-state index in [1.54, 1.807) is 0 Å². The van der Waals surface area contributed by atoms with Gasteiger partial charge in [-0.25, -0.2) is 0 Å². The summed E-state index contributed by atoms with van der Waals surface area (Å²) in [5.41, 5.74) is 2.45. The molecule has 19 heavy (non-hydrogen) atoms. The third kappa shape index (κ3) is 3.43. The van der Waals surface area contributed by atoms with Crippen molar-refractivity contribution in [3.8, 4) is 0 Å². The summed E-state index contributed by atoms with van der Waals surface area (Å²) in [7, 11) is 1.97. The smallest absolute Gasteiger partial charge is 0.0642 e. The SMILES string of the molecule is CCCC1CCN(c2ccc(C(C)NC)cc2Cl)C1. The second-order valence-electron chi connectivity index (χ2n) is 5.61. The molecule has 1 aromatic rings. The van der Waals surface area contributed by atoms with Gasteiger partial charge >= 0.3 is 0 Å². The number of nitrogens with one attached hydrogen (secondary N) is 1. The van der Waals surface area contributed by atoms with Crippen LogP contribution < -0.4 is 10.2 Å². The van der Waals surface area contributed by atoms with Gasteiger partial charge in [0.25, 0.3) is 0 Å². The predicted octanol–water partition coefficient (Wildman–Crippen LogP) is 4.25. The van der Waals surface area contributed by atoms with E-state index in [1.807, 2.05) is 7.05 Å². The zero-order valence-corrected chi connectivity index (χ0v) is 13.0. The summed E-state index contributed by atoms with van der Waals surface area (Å²) in [4.78, 5) is 2.44. The Morgan fingerprint density at radius 1 is 1.47 bits per heavy atom. The van der Waals surface area contributed by atoms with Crippen LogP contribution in [0.2, 0.25) is 5.02 Å². The van der Waals surface area contributed by atoms with E-state index < -0.39 is 0 Å². The normalized spacial score (nSPS) is 20.8. The van der Waals surface area contributed by atoms with E-state index in [-0.39, 0.29) is 0 Å². The minimum Gasteiger partial charge on any atom is -0.370 e. The first-order valence-corrected chi connectivity index (χ1v) is 7.75. The third-order valence-electron chi connectivity index (χ3n) is 4.23. The Hall–Kier alpha value is -0.730. The van der Waals surface area contributed by atoms with Crippen LogP contribution in [-0.4, -0.2) is 20.1 Å². The average Bonchev–Trinajstić information content (AvgIpc) is 2.86. The molecule has 106 valence electrons. The molecule has 1 fully saturated rings. The quantitative estimate of drug-likeness (QED) is 0.867. The van der Waals surface area contributed by atoms with E-state index in [0.29, 0.717) is 6.04 Å². The maximum Gasteiger partial charge on any atom is 0.0642 e. The Morgan fingerprint density at radius 3 is 2.89 bits per heavy atom. The Balaban J connectivity index is 2.09. The number of benzene rings is 1. The minimum absolute atomic E-state index is 0.345. The van der Waals surface area contributed by atoms with E-state index in [0.717, 1.165) is 24.0 Å². The topological polar surface area (TPSA) is 15.3 Å². The molecule has 1 aliphatic heterocycles. The van der Waals surface area contributed by atoms with Crippen molar-refractivity contribution in [3.05, 3.63) is 28.8 Å². The number of nitrogens with zero attached hydrogens (tertiary/aromatic N) is 1. The van der Waals surface area contributed by atoms with Crippen LogP contribution in [0.15, 0.2) is 18.2 Å². The van der Waals surface area contributed by atoms with Crippen molar-refractivity contribution in [2.45, 2.75) is 39.2 Å². The molecule has 0 spiro atoms. The Morgan fingerprint density at radius 2 is 2.26 bits per heavy atom. The first-order valence-electron chi connectivity index (χ1n) is 7.37. The van der Waals surface area contributed by atoms with E-state index in [4.69, 9.17) is 11.6 Å². The Labute approximate surface area is 122 Å². The van der Waals surface area contributed by atoms with Crippen LogP contribution in [0.4, 0.5) is 5.69 Å². The number of halogens is 1. The van der Waals surface area contributed by atoms with Gasteiger partial charge in [0.05, 0.1) is 10.7 Å². The van der Waals surface area contributed by atoms with Crippen molar-refractivity contribution < 1.29 is 0 Å². The Kier molecular flexibility index (Phi) is 5.12. The summed E-state index contributed by atoms with van der Waals surface area (Å²) in [5.74, 6) is 0.844. The molecule has 1 aliphatic rings. The lowest BCUT2D eigenvalue weighted by atomic mass is 10.0. The third-order valence-corrected chi connectivity index (χ3v) is 4.53. The van der Waals surface area contributed by atoms with E-state index in [9.17, 15) is 0 Å². The summed E-state index contributed by atoms with van der Waals surface area (Å²) in [5, 5.41) is 4.13. The van der Waals surface area contributed by atoms with Crippen molar-refractivity contribution in [2.75, 3.05) is 25.0 Å². The lowest BCUT2D eigenvalue weighted by molar-refractivity contribution is 0.530. The molecule has 1 N–H and O–H groups in total. The van der Waals surface area contributed by atoms with Crippen LogP contribution in [0, 0.1) is 5.92 Å². The molecule has 2 rings (SSSR count). The van der Waals surface area contributed by atoms with Gasteiger partial charge in [0.15, 0.2) is 0 Å². The van der Waals surface area contributed by atoms with Gasteiger partial charge < -0.3 is 10.2 Å². The van der Waals surface area contributed by atoms with Gasteiger partial charge in [-0.3, -0.25) is 0 Å². The zero-order chi connectivity index (χ0) is 13.8. The zero-order valence-electron chi connectivity index (χ0n) is 12.2. The highest BCUT2D eigenvalue weighted by Gasteiger charge is 2.23. The van der Waals surface area contributed by atoms with Crippen LogP contribution >= 0.6 is 11.6 Å². The maximum absolute atomic E-state index is 6.47. The van der Waals surface area contributed by atoms with Crippen molar-refractivity contribution in [2.24, 2.45) is 5.92 Å². The van der Waals surface area contributed by atoms with Gasteiger partial charge in [-0.2, -0.15) is 0 Å². The summed E-state index contributed by atoms with van der Waals surface area (Å²) in [6.45, 7) is 6.72. The lowest BCUT2D eigenvalue weighted by Gasteiger charge is -2.21. The van der Waals surface area contributed by atoms with Crippen molar-refractivity contribution in [3.63, 3.8) is 0 Å². The highest BCUT2D eigenvalue weighted by Crippen LogP contribution is 2.33. The highest BCUT2D eigenvalue weighted by molar-refractivity contribution is 6.33. The molecule has 0 aliphatic carbocycles. The van der Waals surface area contributed by atoms with Crippen LogP contribution in [0.25, 0.3) is 0 Å². The van der Waals surface area contributed by atoms with Crippen molar-refractivity contribution in [1.29, 1.82) is 0 Å². The van der Waals surface area contributed by atoms with Crippen molar-refractivity contribution >= 4 is 17.3 Å². The van der Waals surface area contributed by atoms with Crippen LogP contribution in [-0.2, 0) is 0 Å². The minimum atomic E-state index is 0.345. The van der Waals surface area contributed by atoms with Crippen molar-refractivity contribution in [1.82, 2.24) is 5.32 Å². The molecule has 1 aromatic carbocycles. The molecule has 0 saturated carbocycles. The predicted molar refractivity (Wildman–Crippen MR) is 84.2 cm³/mol. The van der Waals surface area contributed by atoms with Gasteiger partial charge in [0, 0.05) is 19.1 Å². The highest BCUT2D eigenvalue weighted by atomic mass is 35.5. The summed E-state index contributed by atoms with van der Waals surface area (Å²) < 4.78 is 0. The van der Waals surface area contributed by atoms with Gasteiger partial charge in [0.1, 0.15) is 0 Å². The average molecular weight is 281 g/mol.